The van der Waals surface area contributed by atoms with Crippen molar-refractivity contribution in [3.05, 3.63) is 21.1 Å². The molecule has 1 heterocycles. The number of rotatable bonds is 0. The van der Waals surface area contributed by atoms with E-state index in [-0.39, 0.29) is 0 Å². The van der Waals surface area contributed by atoms with Gasteiger partial charge in [-0.25, -0.2) is 9.97 Å². The zero-order chi connectivity index (χ0) is 7.72. The van der Waals surface area contributed by atoms with Gasteiger partial charge in [-0.05, 0) is 29.8 Å². The Labute approximate surface area is 72.8 Å². The molecule has 0 unspecified atom stereocenters. The molecule has 0 radical (unpaired) electrons. The van der Waals surface area contributed by atoms with Crippen LogP contribution in [0.4, 0.5) is 0 Å². The molecule has 54 valence electrons. The number of aromatic nitrogens is 2. The van der Waals surface area contributed by atoms with Gasteiger partial charge in [0.15, 0.2) is 5.15 Å². The Kier molecular flexibility index (Phi) is 2.26. The third-order valence-corrected chi connectivity index (χ3v) is 2.24. The van der Waals surface area contributed by atoms with Crippen LogP contribution in [0, 0.1) is 13.8 Å². The summed E-state index contributed by atoms with van der Waals surface area (Å²) in [6.45, 7) is 3.67. The fourth-order valence-electron chi connectivity index (χ4n) is 0.549. The van der Waals surface area contributed by atoms with Crippen LogP contribution in [-0.2, 0) is 0 Å². The van der Waals surface area contributed by atoms with Gasteiger partial charge in [0, 0.05) is 0 Å². The van der Waals surface area contributed by atoms with E-state index in [4.69, 9.17) is 11.6 Å². The maximum atomic E-state index is 5.69. The van der Waals surface area contributed by atoms with E-state index in [9.17, 15) is 0 Å². The van der Waals surface area contributed by atoms with Crippen molar-refractivity contribution < 1.29 is 0 Å². The van der Waals surface area contributed by atoms with Crippen LogP contribution in [0.3, 0.4) is 0 Å². The zero-order valence-corrected chi connectivity index (χ0v) is 7.99. The van der Waals surface area contributed by atoms with Gasteiger partial charge in [-0.15, -0.1) is 0 Å². The van der Waals surface area contributed by atoms with E-state index in [1.54, 1.807) is 0 Å². The summed E-state index contributed by atoms with van der Waals surface area (Å²) in [6, 6.07) is 0. The Morgan fingerprint density at radius 2 is 1.80 bits per heavy atom. The minimum atomic E-state index is 0.473. The van der Waals surface area contributed by atoms with Crippen molar-refractivity contribution in [2.75, 3.05) is 0 Å². The van der Waals surface area contributed by atoms with Crippen LogP contribution in [0.2, 0.25) is 5.15 Å². The average molecular weight is 221 g/mol. The van der Waals surface area contributed by atoms with Gasteiger partial charge >= 0.3 is 0 Å². The summed E-state index contributed by atoms with van der Waals surface area (Å²) in [5.41, 5.74) is 1.56. The largest absolute Gasteiger partial charge is 0.241 e. The highest BCUT2D eigenvalue weighted by Gasteiger charge is 2.01. The standard InChI is InChI=1S/C6H6BrClN2/c1-3-5(7)9-4(2)6(8)10-3/h1-2H3. The van der Waals surface area contributed by atoms with E-state index in [1.165, 1.54) is 0 Å². The zero-order valence-electron chi connectivity index (χ0n) is 5.65. The molecule has 1 aromatic rings. The molecule has 2 nitrogen and oxygen atoms in total. The van der Waals surface area contributed by atoms with Gasteiger partial charge in [-0.3, -0.25) is 0 Å². The fraction of sp³-hybridized carbons (Fsp3) is 0.333. The van der Waals surface area contributed by atoms with Gasteiger partial charge in [0.25, 0.3) is 0 Å². The number of halogens is 2. The smallest absolute Gasteiger partial charge is 0.150 e. The normalized spacial score (nSPS) is 10.0. The first-order chi connectivity index (χ1) is 4.61. The molecule has 0 aromatic carbocycles. The molecule has 0 aliphatic heterocycles. The first-order valence-corrected chi connectivity index (χ1v) is 3.94. The van der Waals surface area contributed by atoms with E-state index in [1.807, 2.05) is 13.8 Å². The minimum Gasteiger partial charge on any atom is -0.241 e. The van der Waals surface area contributed by atoms with E-state index in [2.05, 4.69) is 25.9 Å². The third-order valence-electron chi connectivity index (χ3n) is 1.13. The van der Waals surface area contributed by atoms with Gasteiger partial charge in [0.05, 0.1) is 11.4 Å². The highest BCUT2D eigenvalue weighted by molar-refractivity contribution is 9.10. The lowest BCUT2D eigenvalue weighted by Crippen LogP contribution is -1.91. The Hall–Kier alpha value is -0.150. The lowest BCUT2D eigenvalue weighted by Gasteiger charge is -1.98. The average Bonchev–Trinajstić information content (AvgIpc) is 1.84. The van der Waals surface area contributed by atoms with Crippen LogP contribution in [0.25, 0.3) is 0 Å². The van der Waals surface area contributed by atoms with Crippen LogP contribution in [-0.4, -0.2) is 9.97 Å². The Morgan fingerprint density at radius 1 is 1.20 bits per heavy atom. The third kappa shape index (κ3) is 1.47. The summed E-state index contributed by atoms with van der Waals surface area (Å²) in [4.78, 5) is 8.12. The van der Waals surface area contributed by atoms with Gasteiger partial charge in [-0.2, -0.15) is 0 Å². The van der Waals surface area contributed by atoms with Gasteiger partial charge in [0.1, 0.15) is 4.60 Å². The number of hydrogen-bond donors (Lipinski definition) is 0. The van der Waals surface area contributed by atoms with Crippen LogP contribution in [0.1, 0.15) is 11.4 Å². The first kappa shape index (κ1) is 7.95. The monoisotopic (exact) mass is 220 g/mol. The highest BCUT2D eigenvalue weighted by Crippen LogP contribution is 2.16. The molecule has 0 spiro atoms. The van der Waals surface area contributed by atoms with E-state index in [0.717, 1.165) is 16.0 Å². The molecular formula is C6H6BrClN2. The van der Waals surface area contributed by atoms with Gasteiger partial charge in [-0.1, -0.05) is 11.6 Å². The minimum absolute atomic E-state index is 0.473. The Balaban J connectivity index is 3.28. The summed E-state index contributed by atoms with van der Waals surface area (Å²) in [7, 11) is 0. The molecule has 0 amide bonds. The van der Waals surface area contributed by atoms with E-state index >= 15 is 0 Å². The molecular weight excluding hydrogens is 215 g/mol. The highest BCUT2D eigenvalue weighted by atomic mass is 79.9. The lowest BCUT2D eigenvalue weighted by molar-refractivity contribution is 1.03. The molecule has 10 heavy (non-hydrogen) atoms. The molecule has 0 atom stereocenters. The summed E-state index contributed by atoms with van der Waals surface area (Å²) >= 11 is 8.94. The Morgan fingerprint density at radius 3 is 2.30 bits per heavy atom. The quantitative estimate of drug-likeness (QED) is 0.673. The predicted octanol–water partition coefficient (Wildman–Crippen LogP) is 2.51. The second kappa shape index (κ2) is 2.84. The van der Waals surface area contributed by atoms with Crippen molar-refractivity contribution in [1.29, 1.82) is 0 Å². The number of nitrogens with zero attached hydrogens (tertiary/aromatic N) is 2. The predicted molar refractivity (Wildman–Crippen MR) is 44.2 cm³/mol. The van der Waals surface area contributed by atoms with Crippen LogP contribution >= 0.6 is 27.5 Å². The maximum Gasteiger partial charge on any atom is 0.150 e. The van der Waals surface area contributed by atoms with Crippen molar-refractivity contribution in [2.45, 2.75) is 13.8 Å². The van der Waals surface area contributed by atoms with Gasteiger partial charge in [0.2, 0.25) is 0 Å². The first-order valence-electron chi connectivity index (χ1n) is 2.77. The summed E-state index contributed by atoms with van der Waals surface area (Å²) in [5.74, 6) is 0. The van der Waals surface area contributed by atoms with Crippen LogP contribution in [0.5, 0.6) is 0 Å². The molecule has 0 saturated heterocycles. The molecule has 0 aliphatic rings. The van der Waals surface area contributed by atoms with Crippen molar-refractivity contribution in [3.8, 4) is 0 Å². The fourth-order valence-corrected chi connectivity index (χ4v) is 1.07. The maximum absolute atomic E-state index is 5.69. The SMILES string of the molecule is Cc1nc(Br)c(C)nc1Cl. The van der Waals surface area contributed by atoms with Gasteiger partial charge < -0.3 is 0 Å². The molecule has 0 N–H and O–H groups in total. The second-order valence-electron chi connectivity index (χ2n) is 1.98. The molecule has 4 heteroatoms. The molecule has 1 rings (SSSR count). The number of hydrogen-bond acceptors (Lipinski definition) is 2. The molecule has 0 saturated carbocycles. The summed E-state index contributed by atoms with van der Waals surface area (Å²) < 4.78 is 0.759. The second-order valence-corrected chi connectivity index (χ2v) is 3.09. The molecule has 0 fully saturated rings. The number of aryl methyl sites for hydroxylation is 2. The molecule has 1 aromatic heterocycles. The van der Waals surface area contributed by atoms with E-state index < -0.39 is 0 Å². The van der Waals surface area contributed by atoms with Crippen molar-refractivity contribution >= 4 is 27.5 Å². The lowest BCUT2D eigenvalue weighted by atomic mass is 10.4. The Bertz CT molecular complexity index is 212. The van der Waals surface area contributed by atoms with Crippen molar-refractivity contribution in [2.24, 2.45) is 0 Å². The van der Waals surface area contributed by atoms with Crippen LogP contribution < -0.4 is 0 Å². The topological polar surface area (TPSA) is 25.8 Å². The van der Waals surface area contributed by atoms with Crippen molar-refractivity contribution in [3.63, 3.8) is 0 Å². The van der Waals surface area contributed by atoms with E-state index in [0.29, 0.717) is 5.15 Å². The summed E-state index contributed by atoms with van der Waals surface area (Å²) in [5, 5.41) is 0.473. The molecule has 0 bridgehead atoms. The summed E-state index contributed by atoms with van der Waals surface area (Å²) in [6.07, 6.45) is 0. The van der Waals surface area contributed by atoms with Crippen molar-refractivity contribution in [1.82, 2.24) is 9.97 Å². The van der Waals surface area contributed by atoms with Crippen LogP contribution in [0.15, 0.2) is 4.60 Å². The molecule has 0 aliphatic carbocycles.